The van der Waals surface area contributed by atoms with Gasteiger partial charge in [0.15, 0.2) is 11.5 Å². The number of methoxy groups -OCH3 is 3. The molecule has 3 aromatic rings. The maximum Gasteiger partial charge on any atom is 0.267 e. The van der Waals surface area contributed by atoms with Crippen LogP contribution in [0.3, 0.4) is 0 Å². The van der Waals surface area contributed by atoms with Gasteiger partial charge in [0, 0.05) is 31.0 Å². The molecule has 34 heavy (non-hydrogen) atoms. The minimum absolute atomic E-state index is 0.118. The number of carbonyl (C=O) groups excluding carboxylic acids is 2. The van der Waals surface area contributed by atoms with Gasteiger partial charge in [0.25, 0.3) is 11.8 Å². The molecule has 1 heterocycles. The maximum atomic E-state index is 12.9. The Balaban J connectivity index is 1.75. The number of amides is 2. The van der Waals surface area contributed by atoms with E-state index in [4.69, 9.17) is 14.2 Å². The number of imidazole rings is 1. The van der Waals surface area contributed by atoms with Gasteiger partial charge in [0.05, 0.1) is 27.7 Å². The molecule has 0 aliphatic rings. The van der Waals surface area contributed by atoms with E-state index in [1.54, 1.807) is 68.2 Å². The van der Waals surface area contributed by atoms with Crippen LogP contribution >= 0.6 is 0 Å². The van der Waals surface area contributed by atoms with E-state index in [9.17, 15) is 9.59 Å². The summed E-state index contributed by atoms with van der Waals surface area (Å²) in [6.07, 6.45) is 7.61. The van der Waals surface area contributed by atoms with Gasteiger partial charge in [-0.2, -0.15) is 0 Å². The second-order valence-corrected chi connectivity index (χ2v) is 7.27. The van der Waals surface area contributed by atoms with Gasteiger partial charge >= 0.3 is 0 Å². The van der Waals surface area contributed by atoms with Gasteiger partial charge < -0.3 is 29.4 Å². The molecule has 2 aromatic carbocycles. The SMILES string of the molecule is COc1ccc(/C=C(\NC(=O)c2ccc(OC)c(OC)c2)C(=O)NCCCn2ccnc2)cc1. The summed E-state index contributed by atoms with van der Waals surface area (Å²) >= 11 is 0. The van der Waals surface area contributed by atoms with Crippen LogP contribution in [-0.2, 0) is 11.3 Å². The molecule has 0 unspecified atom stereocenters. The van der Waals surface area contributed by atoms with E-state index in [0.29, 0.717) is 35.8 Å². The van der Waals surface area contributed by atoms with Crippen LogP contribution in [0.5, 0.6) is 17.2 Å². The van der Waals surface area contributed by atoms with Gasteiger partial charge in [-0.05, 0) is 48.4 Å². The van der Waals surface area contributed by atoms with Gasteiger partial charge in [-0.1, -0.05) is 12.1 Å². The predicted octanol–water partition coefficient (Wildman–Crippen LogP) is 2.89. The molecule has 1 aromatic heterocycles. The number of nitrogens with one attached hydrogen (secondary N) is 2. The highest BCUT2D eigenvalue weighted by atomic mass is 16.5. The summed E-state index contributed by atoms with van der Waals surface area (Å²) in [7, 11) is 4.59. The molecule has 0 radical (unpaired) electrons. The van der Waals surface area contributed by atoms with Crippen molar-refractivity contribution in [2.75, 3.05) is 27.9 Å². The van der Waals surface area contributed by atoms with Crippen molar-refractivity contribution in [3.63, 3.8) is 0 Å². The van der Waals surface area contributed by atoms with Crippen molar-refractivity contribution in [2.24, 2.45) is 0 Å². The van der Waals surface area contributed by atoms with Crippen LogP contribution < -0.4 is 24.8 Å². The van der Waals surface area contributed by atoms with Crippen molar-refractivity contribution in [3.8, 4) is 17.2 Å². The fourth-order valence-corrected chi connectivity index (χ4v) is 3.17. The molecule has 3 rings (SSSR count). The van der Waals surface area contributed by atoms with Crippen molar-refractivity contribution >= 4 is 17.9 Å². The van der Waals surface area contributed by atoms with Crippen LogP contribution in [-0.4, -0.2) is 49.2 Å². The molecule has 0 saturated carbocycles. The Hall–Kier alpha value is -4.27. The lowest BCUT2D eigenvalue weighted by molar-refractivity contribution is -0.117. The smallest absolute Gasteiger partial charge is 0.267 e. The van der Waals surface area contributed by atoms with Gasteiger partial charge in [0.1, 0.15) is 11.4 Å². The number of hydrogen-bond acceptors (Lipinski definition) is 6. The molecule has 2 N–H and O–H groups in total. The van der Waals surface area contributed by atoms with E-state index in [2.05, 4.69) is 15.6 Å². The number of rotatable bonds is 11. The third kappa shape index (κ3) is 6.61. The molecule has 9 heteroatoms. The Morgan fingerprint density at radius 3 is 2.41 bits per heavy atom. The van der Waals surface area contributed by atoms with Crippen molar-refractivity contribution in [2.45, 2.75) is 13.0 Å². The summed E-state index contributed by atoms with van der Waals surface area (Å²) in [5.41, 5.74) is 1.18. The molecule has 178 valence electrons. The van der Waals surface area contributed by atoms with Crippen molar-refractivity contribution in [1.29, 1.82) is 0 Å². The Bertz CT molecular complexity index is 1120. The van der Waals surface area contributed by atoms with Crippen LogP contribution in [0.1, 0.15) is 22.3 Å². The lowest BCUT2D eigenvalue weighted by Crippen LogP contribution is -2.35. The van der Waals surface area contributed by atoms with Crippen molar-refractivity contribution < 1.29 is 23.8 Å². The Kier molecular flexibility index (Phi) is 8.67. The topological polar surface area (TPSA) is 104 Å². The van der Waals surface area contributed by atoms with Crippen LogP contribution in [0.25, 0.3) is 6.08 Å². The van der Waals surface area contributed by atoms with E-state index >= 15 is 0 Å². The highest BCUT2D eigenvalue weighted by molar-refractivity contribution is 6.05. The summed E-state index contributed by atoms with van der Waals surface area (Å²) in [6.45, 7) is 1.15. The molecule has 9 nitrogen and oxygen atoms in total. The summed E-state index contributed by atoms with van der Waals surface area (Å²) in [5.74, 6) is 0.769. The zero-order valence-electron chi connectivity index (χ0n) is 19.4. The first-order valence-corrected chi connectivity index (χ1v) is 10.7. The molecule has 0 fully saturated rings. The number of ether oxygens (including phenoxy) is 3. The fraction of sp³-hybridized carbons (Fsp3) is 0.240. The minimum Gasteiger partial charge on any atom is -0.497 e. The second-order valence-electron chi connectivity index (χ2n) is 7.27. The maximum absolute atomic E-state index is 12.9. The Morgan fingerprint density at radius 2 is 1.76 bits per heavy atom. The highest BCUT2D eigenvalue weighted by Crippen LogP contribution is 2.27. The van der Waals surface area contributed by atoms with E-state index < -0.39 is 11.8 Å². The number of hydrogen-bond donors (Lipinski definition) is 2. The zero-order valence-corrected chi connectivity index (χ0v) is 19.4. The number of nitrogens with zero attached hydrogens (tertiary/aromatic N) is 2. The normalized spacial score (nSPS) is 11.0. The van der Waals surface area contributed by atoms with E-state index in [1.807, 2.05) is 10.8 Å². The van der Waals surface area contributed by atoms with Crippen LogP contribution in [0.15, 0.2) is 66.9 Å². The lowest BCUT2D eigenvalue weighted by Gasteiger charge is -2.13. The first-order valence-electron chi connectivity index (χ1n) is 10.7. The fourth-order valence-electron chi connectivity index (χ4n) is 3.17. The van der Waals surface area contributed by atoms with E-state index in [-0.39, 0.29) is 5.70 Å². The molecular formula is C25H28N4O5. The van der Waals surface area contributed by atoms with Gasteiger partial charge in [-0.25, -0.2) is 4.98 Å². The molecular weight excluding hydrogens is 436 g/mol. The molecule has 0 saturated heterocycles. The molecule has 0 bridgehead atoms. The average Bonchev–Trinajstić information content (AvgIpc) is 3.39. The Morgan fingerprint density at radius 1 is 1.00 bits per heavy atom. The molecule has 0 aliphatic heterocycles. The summed E-state index contributed by atoms with van der Waals surface area (Å²) in [6, 6.07) is 12.0. The number of carbonyl (C=O) groups is 2. The van der Waals surface area contributed by atoms with Crippen LogP contribution in [0, 0.1) is 0 Å². The predicted molar refractivity (Wildman–Crippen MR) is 128 cm³/mol. The third-order valence-electron chi connectivity index (χ3n) is 5.00. The minimum atomic E-state index is -0.450. The van der Waals surface area contributed by atoms with Gasteiger partial charge in [-0.15, -0.1) is 0 Å². The van der Waals surface area contributed by atoms with Gasteiger partial charge in [-0.3, -0.25) is 9.59 Å². The van der Waals surface area contributed by atoms with E-state index in [0.717, 1.165) is 12.1 Å². The number of benzene rings is 2. The van der Waals surface area contributed by atoms with Gasteiger partial charge in [0.2, 0.25) is 0 Å². The standard InChI is InChI=1S/C25H28N4O5/c1-32-20-8-5-18(6-9-20)15-21(25(31)27-11-4-13-29-14-12-26-17-29)28-24(30)19-7-10-22(33-2)23(16-19)34-3/h5-10,12,14-17H,4,11,13H2,1-3H3,(H,27,31)(H,28,30)/b21-15-. The van der Waals surface area contributed by atoms with E-state index in [1.165, 1.54) is 14.2 Å². The lowest BCUT2D eigenvalue weighted by atomic mass is 10.1. The first-order chi connectivity index (χ1) is 16.5. The average molecular weight is 465 g/mol. The summed E-state index contributed by atoms with van der Waals surface area (Å²) < 4.78 is 17.6. The number of aromatic nitrogens is 2. The molecule has 0 spiro atoms. The summed E-state index contributed by atoms with van der Waals surface area (Å²) in [5, 5.41) is 5.58. The van der Waals surface area contributed by atoms with Crippen LogP contribution in [0.4, 0.5) is 0 Å². The molecule has 2 amide bonds. The highest BCUT2D eigenvalue weighted by Gasteiger charge is 2.16. The first kappa shape index (κ1) is 24.4. The quantitative estimate of drug-likeness (QED) is 0.334. The molecule has 0 atom stereocenters. The zero-order chi connectivity index (χ0) is 24.3. The third-order valence-corrected chi connectivity index (χ3v) is 5.00. The monoisotopic (exact) mass is 464 g/mol. The second kappa shape index (κ2) is 12.1. The number of aryl methyl sites for hydroxylation is 1. The largest absolute Gasteiger partial charge is 0.497 e. The van der Waals surface area contributed by atoms with Crippen LogP contribution in [0.2, 0.25) is 0 Å². The summed E-state index contributed by atoms with van der Waals surface area (Å²) in [4.78, 5) is 29.9. The Labute approximate surface area is 198 Å². The molecule has 0 aliphatic carbocycles. The van der Waals surface area contributed by atoms with Crippen molar-refractivity contribution in [3.05, 3.63) is 78.0 Å². The van der Waals surface area contributed by atoms with Crippen molar-refractivity contribution in [1.82, 2.24) is 20.2 Å².